The van der Waals surface area contributed by atoms with Crippen molar-refractivity contribution < 1.29 is 19.1 Å². The standard InChI is InChI=1S/C27H44O4/c1-4-5-6-7-8-9-10-11-12-13-14-15-16-17-18-20-25-21-19-22-26(30-23(2)28)27(25)31-24(3)29/h19,21-22H,4-18,20H2,1-3H3. The highest BCUT2D eigenvalue weighted by Gasteiger charge is 2.14. The lowest BCUT2D eigenvalue weighted by molar-refractivity contribution is -0.134. The largest absolute Gasteiger partial charge is 0.423 e. The lowest BCUT2D eigenvalue weighted by Crippen LogP contribution is -2.09. The van der Waals surface area contributed by atoms with E-state index < -0.39 is 11.9 Å². The van der Waals surface area contributed by atoms with E-state index in [2.05, 4.69) is 6.92 Å². The van der Waals surface area contributed by atoms with Crippen molar-refractivity contribution in [2.45, 2.75) is 124 Å². The third kappa shape index (κ3) is 14.0. The predicted molar refractivity (Wildman–Crippen MR) is 128 cm³/mol. The van der Waals surface area contributed by atoms with Crippen LogP contribution < -0.4 is 9.47 Å². The van der Waals surface area contributed by atoms with Crippen LogP contribution >= 0.6 is 0 Å². The number of hydrogen-bond acceptors (Lipinski definition) is 4. The molecule has 1 aromatic rings. The number of rotatable bonds is 18. The molecular formula is C27H44O4. The van der Waals surface area contributed by atoms with Crippen LogP contribution in [0, 0.1) is 0 Å². The van der Waals surface area contributed by atoms with Gasteiger partial charge in [0.2, 0.25) is 0 Å². The first-order valence-corrected chi connectivity index (χ1v) is 12.5. The number of benzene rings is 1. The second-order valence-corrected chi connectivity index (χ2v) is 8.63. The maximum atomic E-state index is 11.5. The van der Waals surface area contributed by atoms with E-state index in [1.54, 1.807) is 6.07 Å². The molecule has 176 valence electrons. The number of esters is 2. The summed E-state index contributed by atoms with van der Waals surface area (Å²) in [6, 6.07) is 5.44. The molecule has 0 bridgehead atoms. The van der Waals surface area contributed by atoms with E-state index in [0.29, 0.717) is 11.5 Å². The first-order chi connectivity index (χ1) is 15.0. The van der Waals surface area contributed by atoms with Gasteiger partial charge in [-0.25, -0.2) is 0 Å². The first-order valence-electron chi connectivity index (χ1n) is 12.5. The van der Waals surface area contributed by atoms with Crippen LogP contribution in [0.3, 0.4) is 0 Å². The van der Waals surface area contributed by atoms with Crippen LogP contribution in [0.1, 0.15) is 123 Å². The summed E-state index contributed by atoms with van der Waals surface area (Å²) in [4.78, 5) is 22.8. The predicted octanol–water partition coefficient (Wildman–Crippen LogP) is 7.95. The van der Waals surface area contributed by atoms with Crippen LogP contribution in [0.25, 0.3) is 0 Å². The maximum Gasteiger partial charge on any atom is 0.308 e. The number of hydrogen-bond donors (Lipinski definition) is 0. The molecule has 4 heteroatoms. The molecule has 0 spiro atoms. The zero-order valence-electron chi connectivity index (χ0n) is 20.2. The molecule has 0 aromatic heterocycles. The molecule has 0 unspecified atom stereocenters. The minimum Gasteiger partial charge on any atom is -0.423 e. The van der Waals surface area contributed by atoms with Gasteiger partial charge in [-0.15, -0.1) is 0 Å². The summed E-state index contributed by atoms with van der Waals surface area (Å²) in [6.45, 7) is 4.98. The van der Waals surface area contributed by atoms with Gasteiger partial charge in [0.05, 0.1) is 0 Å². The van der Waals surface area contributed by atoms with Gasteiger partial charge in [-0.2, -0.15) is 0 Å². The van der Waals surface area contributed by atoms with E-state index in [1.807, 2.05) is 12.1 Å². The van der Waals surface area contributed by atoms with Gasteiger partial charge in [-0.05, 0) is 24.5 Å². The van der Waals surface area contributed by atoms with Crippen molar-refractivity contribution in [2.75, 3.05) is 0 Å². The van der Waals surface area contributed by atoms with E-state index in [1.165, 1.54) is 97.3 Å². The van der Waals surface area contributed by atoms with Gasteiger partial charge in [-0.1, -0.05) is 109 Å². The molecule has 0 heterocycles. The fraction of sp³-hybridized carbons (Fsp3) is 0.704. The number of ether oxygens (including phenoxy) is 2. The minimum absolute atomic E-state index is 0.321. The Morgan fingerprint density at radius 3 is 1.55 bits per heavy atom. The molecule has 0 saturated heterocycles. The van der Waals surface area contributed by atoms with Crippen molar-refractivity contribution in [3.63, 3.8) is 0 Å². The molecule has 0 radical (unpaired) electrons. The first kappa shape index (κ1) is 27.2. The van der Waals surface area contributed by atoms with Crippen LogP contribution in [-0.4, -0.2) is 11.9 Å². The maximum absolute atomic E-state index is 11.5. The van der Waals surface area contributed by atoms with Crippen LogP contribution in [-0.2, 0) is 16.0 Å². The average molecular weight is 433 g/mol. The van der Waals surface area contributed by atoms with E-state index in [4.69, 9.17) is 9.47 Å². The van der Waals surface area contributed by atoms with Gasteiger partial charge in [0, 0.05) is 13.8 Å². The molecule has 0 aliphatic carbocycles. The topological polar surface area (TPSA) is 52.6 Å². The summed E-state index contributed by atoms with van der Waals surface area (Å²) in [5.74, 6) is -0.119. The molecule has 1 rings (SSSR count). The average Bonchev–Trinajstić information content (AvgIpc) is 2.72. The molecular weight excluding hydrogens is 388 g/mol. The lowest BCUT2D eigenvalue weighted by atomic mass is 10.0. The summed E-state index contributed by atoms with van der Waals surface area (Å²) >= 11 is 0. The second kappa shape index (κ2) is 17.8. The smallest absolute Gasteiger partial charge is 0.308 e. The monoisotopic (exact) mass is 432 g/mol. The highest BCUT2D eigenvalue weighted by molar-refractivity contribution is 5.74. The second-order valence-electron chi connectivity index (χ2n) is 8.63. The van der Waals surface area contributed by atoms with Crippen molar-refractivity contribution in [1.29, 1.82) is 0 Å². The number of aryl methyl sites for hydroxylation is 1. The van der Waals surface area contributed by atoms with E-state index in [-0.39, 0.29) is 0 Å². The molecule has 0 N–H and O–H groups in total. The van der Waals surface area contributed by atoms with E-state index >= 15 is 0 Å². The Morgan fingerprint density at radius 2 is 1.10 bits per heavy atom. The van der Waals surface area contributed by atoms with E-state index in [0.717, 1.165) is 24.8 Å². The van der Waals surface area contributed by atoms with Gasteiger partial charge in [0.25, 0.3) is 0 Å². The Hall–Kier alpha value is -1.84. The molecule has 0 aliphatic rings. The van der Waals surface area contributed by atoms with Crippen LogP contribution in [0.15, 0.2) is 18.2 Å². The molecule has 0 amide bonds. The normalized spacial score (nSPS) is 10.8. The van der Waals surface area contributed by atoms with Crippen LogP contribution in [0.5, 0.6) is 11.5 Å². The fourth-order valence-electron chi connectivity index (χ4n) is 3.94. The molecule has 0 atom stereocenters. The molecule has 31 heavy (non-hydrogen) atoms. The van der Waals surface area contributed by atoms with Crippen molar-refractivity contribution in [2.24, 2.45) is 0 Å². The molecule has 0 fully saturated rings. The summed E-state index contributed by atoms with van der Waals surface area (Å²) in [7, 11) is 0. The van der Waals surface area contributed by atoms with E-state index in [9.17, 15) is 9.59 Å². The third-order valence-corrected chi connectivity index (χ3v) is 5.61. The zero-order valence-corrected chi connectivity index (χ0v) is 20.2. The van der Waals surface area contributed by atoms with Crippen molar-refractivity contribution in [1.82, 2.24) is 0 Å². The van der Waals surface area contributed by atoms with Crippen molar-refractivity contribution in [3.8, 4) is 11.5 Å². The lowest BCUT2D eigenvalue weighted by Gasteiger charge is -2.13. The number of para-hydroxylation sites is 1. The summed E-state index contributed by atoms with van der Waals surface area (Å²) in [5, 5.41) is 0. The van der Waals surface area contributed by atoms with Gasteiger partial charge < -0.3 is 9.47 Å². The zero-order chi connectivity index (χ0) is 22.7. The molecule has 0 saturated carbocycles. The molecule has 4 nitrogen and oxygen atoms in total. The number of unbranched alkanes of at least 4 members (excludes halogenated alkanes) is 14. The van der Waals surface area contributed by atoms with Gasteiger partial charge >= 0.3 is 11.9 Å². The number of carbonyl (C=O) groups is 2. The Bertz CT molecular complexity index is 624. The number of carbonyl (C=O) groups excluding carboxylic acids is 2. The molecule has 0 aliphatic heterocycles. The highest BCUT2D eigenvalue weighted by atomic mass is 16.6. The van der Waals surface area contributed by atoms with Gasteiger partial charge in [0.15, 0.2) is 11.5 Å². The summed E-state index contributed by atoms with van der Waals surface area (Å²) < 4.78 is 10.5. The van der Waals surface area contributed by atoms with Crippen LogP contribution in [0.4, 0.5) is 0 Å². The summed E-state index contributed by atoms with van der Waals surface area (Å²) in [6.07, 6.45) is 20.8. The Kier molecular flexibility index (Phi) is 15.6. The van der Waals surface area contributed by atoms with Crippen LogP contribution in [0.2, 0.25) is 0 Å². The summed E-state index contributed by atoms with van der Waals surface area (Å²) in [5.41, 5.74) is 0.920. The molecule has 1 aromatic carbocycles. The third-order valence-electron chi connectivity index (χ3n) is 5.61. The Labute approximate surface area is 190 Å². The fourth-order valence-corrected chi connectivity index (χ4v) is 3.94. The quantitative estimate of drug-likeness (QED) is 0.134. The SMILES string of the molecule is CCCCCCCCCCCCCCCCCc1cccc(OC(C)=O)c1OC(C)=O. The van der Waals surface area contributed by atoms with Crippen molar-refractivity contribution in [3.05, 3.63) is 23.8 Å². The van der Waals surface area contributed by atoms with Gasteiger partial charge in [-0.3, -0.25) is 9.59 Å². The van der Waals surface area contributed by atoms with Crippen molar-refractivity contribution >= 4 is 11.9 Å². The highest BCUT2D eigenvalue weighted by Crippen LogP contribution is 2.33. The minimum atomic E-state index is -0.419. The Morgan fingerprint density at radius 1 is 0.645 bits per heavy atom. The van der Waals surface area contributed by atoms with Gasteiger partial charge in [0.1, 0.15) is 0 Å². The Balaban J connectivity index is 2.13.